The van der Waals surface area contributed by atoms with Crippen molar-refractivity contribution in [2.24, 2.45) is 0 Å². The summed E-state index contributed by atoms with van der Waals surface area (Å²) in [4.78, 5) is 0. The molecule has 2 unspecified atom stereocenters. The Morgan fingerprint density at radius 1 is 1.44 bits per heavy atom. The van der Waals surface area contributed by atoms with Gasteiger partial charge in [0.15, 0.2) is 0 Å². The third kappa shape index (κ3) is 1.64. The minimum absolute atomic E-state index is 0.0261. The molecule has 0 aromatic rings. The zero-order valence-corrected chi connectivity index (χ0v) is 5.38. The minimum Gasteiger partial charge on any atom is -0.392 e. The SMILES string of the molecule is OCNC1CCCC1O. The Morgan fingerprint density at radius 2 is 2.22 bits per heavy atom. The van der Waals surface area contributed by atoms with E-state index in [0.29, 0.717) is 0 Å². The van der Waals surface area contributed by atoms with Crippen LogP contribution in [-0.2, 0) is 0 Å². The van der Waals surface area contributed by atoms with Gasteiger partial charge in [-0.3, -0.25) is 5.32 Å². The monoisotopic (exact) mass is 131 g/mol. The van der Waals surface area contributed by atoms with Crippen molar-refractivity contribution in [1.29, 1.82) is 0 Å². The largest absolute Gasteiger partial charge is 0.392 e. The van der Waals surface area contributed by atoms with E-state index in [-0.39, 0.29) is 18.9 Å². The maximum Gasteiger partial charge on any atom is 0.0934 e. The van der Waals surface area contributed by atoms with Gasteiger partial charge in [0.05, 0.1) is 12.8 Å². The van der Waals surface area contributed by atoms with Crippen LogP contribution in [0, 0.1) is 0 Å². The van der Waals surface area contributed by atoms with Crippen molar-refractivity contribution >= 4 is 0 Å². The molecule has 1 rings (SSSR count). The van der Waals surface area contributed by atoms with E-state index < -0.39 is 0 Å². The lowest BCUT2D eigenvalue weighted by Gasteiger charge is -2.13. The summed E-state index contributed by atoms with van der Waals surface area (Å²) in [5.74, 6) is 0. The van der Waals surface area contributed by atoms with E-state index in [1.807, 2.05) is 0 Å². The van der Waals surface area contributed by atoms with E-state index in [0.717, 1.165) is 19.3 Å². The van der Waals surface area contributed by atoms with Crippen LogP contribution >= 0.6 is 0 Å². The first-order valence-corrected chi connectivity index (χ1v) is 3.37. The highest BCUT2D eigenvalue weighted by molar-refractivity contribution is 4.81. The molecule has 0 bridgehead atoms. The van der Waals surface area contributed by atoms with Crippen LogP contribution < -0.4 is 5.32 Å². The summed E-state index contributed by atoms with van der Waals surface area (Å²) in [6.45, 7) is -0.0261. The summed E-state index contributed by atoms with van der Waals surface area (Å²) < 4.78 is 0. The molecule has 0 heterocycles. The van der Waals surface area contributed by atoms with Gasteiger partial charge < -0.3 is 10.2 Å². The van der Waals surface area contributed by atoms with Crippen molar-refractivity contribution in [1.82, 2.24) is 5.32 Å². The summed E-state index contributed by atoms with van der Waals surface area (Å²) in [5.41, 5.74) is 0. The van der Waals surface area contributed by atoms with Crippen molar-refractivity contribution in [3.63, 3.8) is 0 Å². The maximum atomic E-state index is 9.15. The number of rotatable bonds is 2. The van der Waals surface area contributed by atoms with Gasteiger partial charge in [-0.25, -0.2) is 0 Å². The molecular weight excluding hydrogens is 118 g/mol. The normalized spacial score (nSPS) is 35.3. The van der Waals surface area contributed by atoms with Gasteiger partial charge in [-0.15, -0.1) is 0 Å². The van der Waals surface area contributed by atoms with Gasteiger partial charge in [-0.1, -0.05) is 0 Å². The molecule has 0 radical (unpaired) electrons. The highest BCUT2D eigenvalue weighted by atomic mass is 16.3. The lowest BCUT2D eigenvalue weighted by Crippen LogP contribution is -2.35. The smallest absolute Gasteiger partial charge is 0.0934 e. The lowest BCUT2D eigenvalue weighted by atomic mass is 10.2. The van der Waals surface area contributed by atoms with Crippen LogP contribution in [0.3, 0.4) is 0 Å². The zero-order valence-electron chi connectivity index (χ0n) is 5.38. The maximum absolute atomic E-state index is 9.15. The highest BCUT2D eigenvalue weighted by Gasteiger charge is 2.23. The first kappa shape index (κ1) is 6.99. The Kier molecular flexibility index (Phi) is 2.45. The van der Waals surface area contributed by atoms with E-state index in [1.165, 1.54) is 0 Å². The summed E-state index contributed by atoms with van der Waals surface area (Å²) in [6, 6.07) is 0.134. The quantitative estimate of drug-likeness (QED) is 0.440. The van der Waals surface area contributed by atoms with Crippen molar-refractivity contribution in [2.45, 2.75) is 31.4 Å². The average Bonchev–Trinajstić information content (AvgIpc) is 2.18. The molecule has 9 heavy (non-hydrogen) atoms. The Bertz CT molecular complexity index is 87.1. The molecule has 0 spiro atoms. The highest BCUT2D eigenvalue weighted by Crippen LogP contribution is 2.17. The Labute approximate surface area is 54.7 Å². The molecule has 0 aromatic carbocycles. The third-order valence-corrected chi connectivity index (χ3v) is 1.83. The van der Waals surface area contributed by atoms with Crippen molar-refractivity contribution in [2.75, 3.05) is 6.73 Å². The minimum atomic E-state index is -0.239. The fraction of sp³-hybridized carbons (Fsp3) is 1.00. The first-order chi connectivity index (χ1) is 4.34. The number of nitrogens with one attached hydrogen (secondary N) is 1. The van der Waals surface area contributed by atoms with Crippen molar-refractivity contribution in [3.8, 4) is 0 Å². The summed E-state index contributed by atoms with van der Waals surface area (Å²) in [6.07, 6.45) is 2.69. The number of aliphatic hydroxyl groups excluding tert-OH is 2. The van der Waals surface area contributed by atoms with Crippen molar-refractivity contribution < 1.29 is 10.2 Å². The molecule has 1 saturated carbocycles. The number of hydrogen-bond acceptors (Lipinski definition) is 3. The molecule has 0 aliphatic heterocycles. The van der Waals surface area contributed by atoms with Gasteiger partial charge in [0.2, 0.25) is 0 Å². The molecule has 3 nitrogen and oxygen atoms in total. The lowest BCUT2D eigenvalue weighted by molar-refractivity contribution is 0.128. The van der Waals surface area contributed by atoms with E-state index in [9.17, 15) is 0 Å². The summed E-state index contributed by atoms with van der Waals surface area (Å²) >= 11 is 0. The molecule has 0 amide bonds. The predicted molar refractivity (Wildman–Crippen MR) is 33.9 cm³/mol. The predicted octanol–water partition coefficient (Wildman–Crippen LogP) is -0.561. The van der Waals surface area contributed by atoms with Crippen LogP contribution in [0.5, 0.6) is 0 Å². The van der Waals surface area contributed by atoms with Gasteiger partial charge in [0, 0.05) is 6.04 Å². The van der Waals surface area contributed by atoms with Crippen molar-refractivity contribution in [3.05, 3.63) is 0 Å². The Hall–Kier alpha value is -0.120. The zero-order chi connectivity index (χ0) is 6.69. The molecule has 1 aliphatic rings. The second-order valence-corrected chi connectivity index (χ2v) is 2.47. The van der Waals surface area contributed by atoms with Gasteiger partial charge in [-0.05, 0) is 19.3 Å². The third-order valence-electron chi connectivity index (χ3n) is 1.83. The molecule has 3 heteroatoms. The van der Waals surface area contributed by atoms with E-state index in [1.54, 1.807) is 0 Å². The second kappa shape index (κ2) is 3.15. The van der Waals surface area contributed by atoms with Crippen LogP contribution in [0.15, 0.2) is 0 Å². The Morgan fingerprint density at radius 3 is 2.67 bits per heavy atom. The summed E-state index contributed by atoms with van der Waals surface area (Å²) in [5, 5.41) is 20.4. The van der Waals surface area contributed by atoms with Crippen LogP contribution in [0.4, 0.5) is 0 Å². The van der Waals surface area contributed by atoms with Gasteiger partial charge in [-0.2, -0.15) is 0 Å². The van der Waals surface area contributed by atoms with E-state index in [4.69, 9.17) is 10.2 Å². The fourth-order valence-corrected chi connectivity index (χ4v) is 1.30. The molecule has 0 saturated heterocycles. The average molecular weight is 131 g/mol. The molecule has 0 aromatic heterocycles. The molecule has 1 aliphatic carbocycles. The van der Waals surface area contributed by atoms with Crippen LogP contribution in [0.1, 0.15) is 19.3 Å². The van der Waals surface area contributed by atoms with Gasteiger partial charge in [0.25, 0.3) is 0 Å². The molecule has 54 valence electrons. The molecular formula is C6H13NO2. The van der Waals surface area contributed by atoms with Gasteiger partial charge in [0.1, 0.15) is 0 Å². The first-order valence-electron chi connectivity index (χ1n) is 3.37. The van der Waals surface area contributed by atoms with Crippen LogP contribution in [-0.4, -0.2) is 29.1 Å². The standard InChI is InChI=1S/C6H13NO2/c8-4-7-5-2-1-3-6(5)9/h5-9H,1-4H2. The molecule has 3 N–H and O–H groups in total. The Balaban J connectivity index is 2.22. The topological polar surface area (TPSA) is 52.5 Å². The number of aliphatic hydroxyl groups is 2. The summed E-state index contributed by atoms with van der Waals surface area (Å²) in [7, 11) is 0. The van der Waals surface area contributed by atoms with Crippen LogP contribution in [0.25, 0.3) is 0 Å². The molecule has 1 fully saturated rings. The van der Waals surface area contributed by atoms with Gasteiger partial charge >= 0.3 is 0 Å². The molecule has 2 atom stereocenters. The van der Waals surface area contributed by atoms with E-state index >= 15 is 0 Å². The second-order valence-electron chi connectivity index (χ2n) is 2.47. The fourth-order valence-electron chi connectivity index (χ4n) is 1.30. The van der Waals surface area contributed by atoms with E-state index in [2.05, 4.69) is 5.32 Å². The van der Waals surface area contributed by atoms with Crippen LogP contribution in [0.2, 0.25) is 0 Å². The number of hydrogen-bond donors (Lipinski definition) is 3.